The molecule has 2 N–H and O–H groups in total. The van der Waals surface area contributed by atoms with Crippen LogP contribution in [0.3, 0.4) is 0 Å². The van der Waals surface area contributed by atoms with Crippen molar-refractivity contribution in [1.29, 1.82) is 0 Å². The smallest absolute Gasteiger partial charge is 0.325 e. The average Bonchev–Trinajstić information content (AvgIpc) is 3.41. The molecule has 9 heteroatoms. The molecule has 2 heterocycles. The minimum atomic E-state index is -1.24. The Morgan fingerprint density at radius 1 is 1.09 bits per heavy atom. The van der Waals surface area contributed by atoms with Crippen LogP contribution in [-0.4, -0.2) is 46.2 Å². The Bertz CT molecular complexity index is 1140. The van der Waals surface area contributed by atoms with Gasteiger partial charge in [0.05, 0.1) is 13.7 Å². The lowest BCUT2D eigenvalue weighted by Gasteiger charge is -2.22. The van der Waals surface area contributed by atoms with E-state index in [0.717, 1.165) is 16.0 Å². The molecule has 1 aromatic heterocycles. The van der Waals surface area contributed by atoms with Gasteiger partial charge in [-0.05, 0) is 41.8 Å². The molecule has 3 aromatic rings. The molecule has 1 aliphatic heterocycles. The number of urea groups is 1. The van der Waals surface area contributed by atoms with Crippen LogP contribution in [0.2, 0.25) is 0 Å². The third kappa shape index (κ3) is 4.72. The first kappa shape index (κ1) is 22.1. The molecule has 0 saturated carbocycles. The van der Waals surface area contributed by atoms with Gasteiger partial charge >= 0.3 is 6.03 Å². The van der Waals surface area contributed by atoms with Gasteiger partial charge in [-0.15, -0.1) is 0 Å². The van der Waals surface area contributed by atoms with E-state index in [9.17, 15) is 14.4 Å². The summed E-state index contributed by atoms with van der Waals surface area (Å²) in [4.78, 5) is 38.8. The lowest BCUT2D eigenvalue weighted by atomic mass is 9.92. The van der Waals surface area contributed by atoms with Gasteiger partial charge in [-0.3, -0.25) is 19.2 Å². The fourth-order valence-electron chi connectivity index (χ4n) is 3.70. The van der Waals surface area contributed by atoms with Crippen LogP contribution in [0.1, 0.15) is 23.6 Å². The molecule has 1 saturated heterocycles. The van der Waals surface area contributed by atoms with Crippen molar-refractivity contribution in [2.24, 2.45) is 0 Å². The highest BCUT2D eigenvalue weighted by Gasteiger charge is 2.49. The first-order valence-electron chi connectivity index (χ1n) is 10.5. The van der Waals surface area contributed by atoms with Crippen molar-refractivity contribution < 1.29 is 19.1 Å². The molecule has 9 nitrogen and oxygen atoms in total. The second-order valence-corrected chi connectivity index (χ2v) is 7.97. The lowest BCUT2D eigenvalue weighted by Crippen LogP contribution is -2.43. The summed E-state index contributed by atoms with van der Waals surface area (Å²) in [5.41, 5.74) is 1.37. The molecule has 33 heavy (non-hydrogen) atoms. The number of methoxy groups -OCH3 is 1. The minimum absolute atomic E-state index is 0.292. The topological polar surface area (TPSA) is 106 Å². The molecular formula is C24H25N5O4. The summed E-state index contributed by atoms with van der Waals surface area (Å²) in [5, 5.41) is 9.65. The molecule has 0 spiro atoms. The quantitative estimate of drug-likeness (QED) is 0.514. The number of aromatic nitrogens is 2. The highest BCUT2D eigenvalue weighted by atomic mass is 16.5. The zero-order valence-corrected chi connectivity index (χ0v) is 18.4. The number of rotatable bonds is 8. The zero-order chi connectivity index (χ0) is 23.4. The maximum Gasteiger partial charge on any atom is 0.325 e. The van der Waals surface area contributed by atoms with E-state index in [1.165, 1.54) is 0 Å². The predicted molar refractivity (Wildman–Crippen MR) is 120 cm³/mol. The van der Waals surface area contributed by atoms with Crippen molar-refractivity contribution in [3.05, 3.63) is 83.7 Å². The Hall–Kier alpha value is -4.14. The van der Waals surface area contributed by atoms with Crippen molar-refractivity contribution in [3.63, 3.8) is 0 Å². The first-order chi connectivity index (χ1) is 15.9. The molecule has 4 amide bonds. The lowest BCUT2D eigenvalue weighted by molar-refractivity contribution is -0.134. The molecule has 0 radical (unpaired) electrons. The summed E-state index contributed by atoms with van der Waals surface area (Å²) in [5.74, 6) is -0.251. The summed E-state index contributed by atoms with van der Waals surface area (Å²) in [6, 6.07) is 15.9. The zero-order valence-electron chi connectivity index (χ0n) is 18.4. The fourth-order valence-corrected chi connectivity index (χ4v) is 3.70. The van der Waals surface area contributed by atoms with Crippen LogP contribution in [0.15, 0.2) is 67.0 Å². The number of nitrogens with zero attached hydrogens (tertiary/aromatic N) is 3. The summed E-state index contributed by atoms with van der Waals surface area (Å²) < 4.78 is 6.97. The molecule has 1 fully saturated rings. The molecular weight excluding hydrogens is 422 g/mol. The number of hydrogen-bond acceptors (Lipinski definition) is 5. The number of imide groups is 1. The van der Waals surface area contributed by atoms with E-state index in [-0.39, 0.29) is 6.54 Å². The van der Waals surface area contributed by atoms with Crippen molar-refractivity contribution in [1.82, 2.24) is 25.3 Å². The van der Waals surface area contributed by atoms with Crippen LogP contribution >= 0.6 is 0 Å². The number of amides is 4. The highest BCUT2D eigenvalue weighted by molar-refractivity contribution is 6.09. The van der Waals surface area contributed by atoms with Gasteiger partial charge in [-0.1, -0.05) is 36.4 Å². The standard InChI is InChI=1S/C24H25N5O4/c1-24(19-8-10-20(33-2)11-9-19)22(31)29(23(32)27-24)16-21(30)25-14-17-4-6-18(7-5-17)15-28-13-3-12-26-28/h3-13H,14-16H2,1-2H3,(H,25,30)(H,27,32). The van der Waals surface area contributed by atoms with E-state index in [1.807, 2.05) is 41.2 Å². The number of carbonyl (C=O) groups is 3. The molecule has 4 rings (SSSR count). The Kier molecular flexibility index (Phi) is 6.12. The Morgan fingerprint density at radius 2 is 1.79 bits per heavy atom. The second kappa shape index (κ2) is 9.15. The molecule has 0 bridgehead atoms. The summed E-state index contributed by atoms with van der Waals surface area (Å²) >= 11 is 0. The van der Waals surface area contributed by atoms with Gasteiger partial charge in [0.25, 0.3) is 5.91 Å². The van der Waals surface area contributed by atoms with Crippen LogP contribution < -0.4 is 15.4 Å². The van der Waals surface area contributed by atoms with E-state index in [1.54, 1.807) is 44.5 Å². The monoisotopic (exact) mass is 447 g/mol. The molecule has 0 aliphatic carbocycles. The summed E-state index contributed by atoms with van der Waals surface area (Å²) in [6.45, 7) is 2.23. The van der Waals surface area contributed by atoms with Crippen LogP contribution in [0.4, 0.5) is 4.79 Å². The normalized spacial score (nSPS) is 17.7. The third-order valence-corrected chi connectivity index (χ3v) is 5.66. The van der Waals surface area contributed by atoms with E-state index in [2.05, 4.69) is 15.7 Å². The van der Waals surface area contributed by atoms with E-state index in [0.29, 0.717) is 24.4 Å². The fraction of sp³-hybridized carbons (Fsp3) is 0.250. The molecule has 2 aromatic carbocycles. The maximum atomic E-state index is 13.0. The summed E-state index contributed by atoms with van der Waals surface area (Å²) in [6.07, 6.45) is 3.62. The third-order valence-electron chi connectivity index (χ3n) is 5.66. The van der Waals surface area contributed by atoms with E-state index < -0.39 is 23.4 Å². The largest absolute Gasteiger partial charge is 0.497 e. The number of carbonyl (C=O) groups excluding carboxylic acids is 3. The minimum Gasteiger partial charge on any atom is -0.497 e. The Morgan fingerprint density at radius 3 is 2.42 bits per heavy atom. The summed E-state index contributed by atoms with van der Waals surface area (Å²) in [7, 11) is 1.55. The number of hydrogen-bond donors (Lipinski definition) is 2. The van der Waals surface area contributed by atoms with Gasteiger partial charge in [-0.2, -0.15) is 5.10 Å². The number of ether oxygens (including phenoxy) is 1. The first-order valence-corrected chi connectivity index (χ1v) is 10.5. The second-order valence-electron chi connectivity index (χ2n) is 7.97. The Labute approximate surface area is 191 Å². The maximum absolute atomic E-state index is 13.0. The van der Waals surface area contributed by atoms with Gasteiger partial charge in [0.2, 0.25) is 5.91 Å². The van der Waals surface area contributed by atoms with Crippen molar-refractivity contribution in [3.8, 4) is 5.75 Å². The van der Waals surface area contributed by atoms with E-state index in [4.69, 9.17) is 4.74 Å². The van der Waals surface area contributed by atoms with Gasteiger partial charge in [0.1, 0.15) is 17.8 Å². The molecule has 1 atom stereocenters. The molecule has 170 valence electrons. The molecule has 1 unspecified atom stereocenters. The van der Waals surface area contributed by atoms with Crippen molar-refractivity contribution in [2.45, 2.75) is 25.6 Å². The van der Waals surface area contributed by atoms with Crippen molar-refractivity contribution >= 4 is 17.8 Å². The van der Waals surface area contributed by atoms with Crippen LogP contribution in [0, 0.1) is 0 Å². The predicted octanol–water partition coefficient (Wildman–Crippen LogP) is 2.02. The van der Waals surface area contributed by atoms with Gasteiger partial charge in [0, 0.05) is 18.9 Å². The van der Waals surface area contributed by atoms with E-state index >= 15 is 0 Å². The average molecular weight is 447 g/mol. The van der Waals surface area contributed by atoms with Gasteiger partial charge in [-0.25, -0.2) is 4.79 Å². The van der Waals surface area contributed by atoms with Gasteiger partial charge < -0.3 is 15.4 Å². The van der Waals surface area contributed by atoms with Crippen LogP contribution in [-0.2, 0) is 28.2 Å². The molecule has 1 aliphatic rings. The highest BCUT2D eigenvalue weighted by Crippen LogP contribution is 2.29. The van der Waals surface area contributed by atoms with Crippen LogP contribution in [0.25, 0.3) is 0 Å². The van der Waals surface area contributed by atoms with Gasteiger partial charge in [0.15, 0.2) is 0 Å². The van der Waals surface area contributed by atoms with Crippen molar-refractivity contribution in [2.75, 3.05) is 13.7 Å². The SMILES string of the molecule is COc1ccc(C2(C)NC(=O)N(CC(=O)NCc3ccc(Cn4cccn4)cc3)C2=O)cc1. The number of nitrogens with one attached hydrogen (secondary N) is 2. The van der Waals surface area contributed by atoms with Crippen LogP contribution in [0.5, 0.6) is 5.75 Å². The Balaban J connectivity index is 1.33. The number of benzene rings is 2.